The van der Waals surface area contributed by atoms with Crippen molar-refractivity contribution < 1.29 is 0 Å². The van der Waals surface area contributed by atoms with E-state index in [1.807, 2.05) is 22.7 Å². The molecule has 138 valence electrons. The highest BCUT2D eigenvalue weighted by atomic mass is 32.1. The molecule has 0 radical (unpaired) electrons. The summed E-state index contributed by atoms with van der Waals surface area (Å²) in [6.07, 6.45) is 0. The number of thiophene rings is 2. The highest BCUT2D eigenvalue weighted by Crippen LogP contribution is 2.45. The van der Waals surface area contributed by atoms with Crippen molar-refractivity contribution in [2.45, 2.75) is 64.7 Å². The third-order valence-electron chi connectivity index (χ3n) is 5.27. The standard InChI is InChI=1S/C24H30S2/c1-22(2,3)17-14-18(23(4,5)6)16-19(15-17)24(7,20-10-8-12-25-20)21-11-9-13-26-21/h8-16H,1-7H3. The Morgan fingerprint density at radius 2 is 0.962 bits per heavy atom. The first-order valence-corrected chi connectivity index (χ1v) is 11.0. The zero-order chi connectivity index (χ0) is 19.2. The monoisotopic (exact) mass is 382 g/mol. The van der Waals surface area contributed by atoms with Gasteiger partial charge in [-0.3, -0.25) is 0 Å². The number of hydrogen-bond acceptors (Lipinski definition) is 2. The Kier molecular flexibility index (Phi) is 4.96. The van der Waals surface area contributed by atoms with E-state index in [2.05, 4.69) is 102 Å². The molecule has 0 N–H and O–H groups in total. The lowest BCUT2D eigenvalue weighted by Crippen LogP contribution is -2.26. The van der Waals surface area contributed by atoms with Gasteiger partial charge >= 0.3 is 0 Å². The van der Waals surface area contributed by atoms with Crippen molar-refractivity contribution in [3.63, 3.8) is 0 Å². The van der Waals surface area contributed by atoms with Crippen LogP contribution in [0.2, 0.25) is 0 Å². The van der Waals surface area contributed by atoms with E-state index in [1.165, 1.54) is 26.4 Å². The molecule has 0 bridgehead atoms. The Labute approximate surface area is 166 Å². The predicted octanol–water partition coefficient (Wildman–Crippen LogP) is 7.76. The third kappa shape index (κ3) is 3.54. The van der Waals surface area contributed by atoms with Gasteiger partial charge in [-0.05, 0) is 57.3 Å². The predicted molar refractivity (Wildman–Crippen MR) is 118 cm³/mol. The number of hydrogen-bond donors (Lipinski definition) is 0. The lowest BCUT2D eigenvalue weighted by Gasteiger charge is -2.33. The molecular formula is C24H30S2. The number of rotatable bonds is 3. The van der Waals surface area contributed by atoms with E-state index in [0.29, 0.717) is 0 Å². The van der Waals surface area contributed by atoms with Crippen molar-refractivity contribution >= 4 is 22.7 Å². The molecule has 0 fully saturated rings. The van der Waals surface area contributed by atoms with Crippen molar-refractivity contribution in [3.05, 3.63) is 79.7 Å². The molecular weight excluding hydrogens is 352 g/mol. The van der Waals surface area contributed by atoms with Crippen molar-refractivity contribution in [2.24, 2.45) is 0 Å². The molecule has 0 aliphatic carbocycles. The summed E-state index contributed by atoms with van der Waals surface area (Å²) < 4.78 is 0. The van der Waals surface area contributed by atoms with E-state index in [-0.39, 0.29) is 16.2 Å². The van der Waals surface area contributed by atoms with Gasteiger partial charge in [-0.25, -0.2) is 0 Å². The molecule has 0 aliphatic heterocycles. The van der Waals surface area contributed by atoms with Gasteiger partial charge in [0.1, 0.15) is 0 Å². The molecule has 0 nitrogen and oxygen atoms in total. The smallest absolute Gasteiger partial charge is 0.0610 e. The van der Waals surface area contributed by atoms with Gasteiger partial charge in [-0.15, -0.1) is 22.7 Å². The van der Waals surface area contributed by atoms with Crippen molar-refractivity contribution in [2.75, 3.05) is 0 Å². The largest absolute Gasteiger partial charge is 0.148 e. The second-order valence-electron chi connectivity index (χ2n) is 9.38. The van der Waals surface area contributed by atoms with Crippen LogP contribution in [0.15, 0.2) is 53.2 Å². The summed E-state index contributed by atoms with van der Waals surface area (Å²) in [4.78, 5) is 2.82. The van der Waals surface area contributed by atoms with Gasteiger partial charge in [0.05, 0.1) is 5.41 Å². The van der Waals surface area contributed by atoms with Crippen LogP contribution in [0, 0.1) is 0 Å². The van der Waals surface area contributed by atoms with Crippen molar-refractivity contribution in [3.8, 4) is 0 Å². The molecule has 2 heteroatoms. The SMILES string of the molecule is CC(C)(C)c1cc(C(C)(C)C)cc(C(C)(c2cccs2)c2cccs2)c1. The Morgan fingerprint density at radius 3 is 1.27 bits per heavy atom. The lowest BCUT2D eigenvalue weighted by molar-refractivity contribution is 0.563. The molecule has 1 aromatic carbocycles. The molecule has 0 unspecified atom stereocenters. The molecule has 0 saturated heterocycles. The highest BCUT2D eigenvalue weighted by molar-refractivity contribution is 7.11. The van der Waals surface area contributed by atoms with Gasteiger partial charge in [-0.2, -0.15) is 0 Å². The van der Waals surface area contributed by atoms with Crippen LogP contribution in [-0.4, -0.2) is 0 Å². The van der Waals surface area contributed by atoms with E-state index in [0.717, 1.165) is 0 Å². The van der Waals surface area contributed by atoms with Crippen LogP contribution in [0.4, 0.5) is 0 Å². The average molecular weight is 383 g/mol. The first-order chi connectivity index (χ1) is 12.0. The minimum atomic E-state index is -0.108. The molecule has 0 amide bonds. The fourth-order valence-electron chi connectivity index (χ4n) is 3.31. The van der Waals surface area contributed by atoms with Crippen LogP contribution in [-0.2, 0) is 16.2 Å². The van der Waals surface area contributed by atoms with Crippen LogP contribution >= 0.6 is 22.7 Å². The zero-order valence-electron chi connectivity index (χ0n) is 17.0. The fourth-order valence-corrected chi connectivity index (χ4v) is 5.23. The van der Waals surface area contributed by atoms with Crippen molar-refractivity contribution in [1.82, 2.24) is 0 Å². The molecule has 0 atom stereocenters. The number of benzene rings is 1. The molecule has 0 saturated carbocycles. The van der Waals surface area contributed by atoms with E-state index in [9.17, 15) is 0 Å². The molecule has 2 aromatic heterocycles. The second-order valence-corrected chi connectivity index (χ2v) is 11.3. The molecule has 3 aromatic rings. The van der Waals surface area contributed by atoms with Crippen LogP contribution < -0.4 is 0 Å². The van der Waals surface area contributed by atoms with Crippen LogP contribution in [0.25, 0.3) is 0 Å². The Bertz CT molecular complexity index is 788. The topological polar surface area (TPSA) is 0 Å². The van der Waals surface area contributed by atoms with E-state index in [1.54, 1.807) is 0 Å². The average Bonchev–Trinajstić information content (AvgIpc) is 3.25. The third-order valence-corrected chi connectivity index (χ3v) is 7.45. The summed E-state index contributed by atoms with van der Waals surface area (Å²) in [5.74, 6) is 0. The van der Waals surface area contributed by atoms with E-state index in [4.69, 9.17) is 0 Å². The Balaban J connectivity index is 2.32. The molecule has 26 heavy (non-hydrogen) atoms. The lowest BCUT2D eigenvalue weighted by atomic mass is 9.73. The van der Waals surface area contributed by atoms with E-state index >= 15 is 0 Å². The molecule has 3 rings (SSSR count). The van der Waals surface area contributed by atoms with Gasteiger partial charge in [-0.1, -0.05) is 71.9 Å². The molecule has 0 aliphatic rings. The van der Waals surface area contributed by atoms with Gasteiger partial charge in [0.25, 0.3) is 0 Å². The molecule has 0 spiro atoms. The van der Waals surface area contributed by atoms with Crippen LogP contribution in [0.5, 0.6) is 0 Å². The van der Waals surface area contributed by atoms with Crippen molar-refractivity contribution in [1.29, 1.82) is 0 Å². The first-order valence-electron chi connectivity index (χ1n) is 9.27. The van der Waals surface area contributed by atoms with Gasteiger partial charge in [0.15, 0.2) is 0 Å². The minimum Gasteiger partial charge on any atom is -0.148 e. The zero-order valence-corrected chi connectivity index (χ0v) is 18.6. The maximum Gasteiger partial charge on any atom is 0.0610 e. The Morgan fingerprint density at radius 1 is 0.577 bits per heavy atom. The summed E-state index contributed by atoms with van der Waals surface area (Å²) in [5.41, 5.74) is 4.38. The van der Waals surface area contributed by atoms with Gasteiger partial charge < -0.3 is 0 Å². The minimum absolute atomic E-state index is 0.108. The first kappa shape index (κ1) is 19.4. The van der Waals surface area contributed by atoms with Gasteiger partial charge in [0.2, 0.25) is 0 Å². The maximum absolute atomic E-state index is 2.44. The summed E-state index contributed by atoms with van der Waals surface area (Å²) in [7, 11) is 0. The summed E-state index contributed by atoms with van der Waals surface area (Å²) in [6.45, 7) is 16.3. The highest BCUT2D eigenvalue weighted by Gasteiger charge is 2.35. The summed E-state index contributed by atoms with van der Waals surface area (Å²) in [6, 6.07) is 16.2. The molecule has 2 heterocycles. The second kappa shape index (κ2) is 6.65. The fraction of sp³-hybridized carbons (Fsp3) is 0.417. The normalized spacial score (nSPS) is 13.2. The quantitative estimate of drug-likeness (QED) is 0.434. The summed E-state index contributed by atoms with van der Waals surface area (Å²) in [5, 5.41) is 4.39. The van der Waals surface area contributed by atoms with Gasteiger partial charge in [0, 0.05) is 9.75 Å². The maximum atomic E-state index is 2.44. The Hall–Kier alpha value is -1.38. The van der Waals surface area contributed by atoms with Crippen LogP contribution in [0.1, 0.15) is 74.9 Å². The van der Waals surface area contributed by atoms with Crippen LogP contribution in [0.3, 0.4) is 0 Å². The van der Waals surface area contributed by atoms with E-state index < -0.39 is 0 Å². The summed E-state index contributed by atoms with van der Waals surface area (Å²) >= 11 is 3.71.